The van der Waals surface area contributed by atoms with Gasteiger partial charge in [0.05, 0.1) is 21.4 Å². The lowest BCUT2D eigenvalue weighted by atomic mass is 10.3. The molecule has 3 N–H and O–H groups in total. The Morgan fingerprint density at radius 2 is 2.11 bits per heavy atom. The molecule has 0 aliphatic heterocycles. The maximum atomic E-state index is 11.7. The molecule has 0 fully saturated rings. The normalized spacial score (nSPS) is 10.2. The predicted octanol–water partition coefficient (Wildman–Crippen LogP) is 2.79. The Balaban J connectivity index is 1.75. The largest absolute Gasteiger partial charge is 0.490 e. The lowest BCUT2D eigenvalue weighted by molar-refractivity contribution is 0.0951. The van der Waals surface area contributed by atoms with Crippen LogP contribution in [0.3, 0.4) is 0 Å². The van der Waals surface area contributed by atoms with E-state index in [2.05, 4.69) is 5.32 Å². The minimum Gasteiger partial charge on any atom is -0.490 e. The number of benzene rings is 1. The van der Waals surface area contributed by atoms with Crippen LogP contribution in [0.4, 0.5) is 5.69 Å². The van der Waals surface area contributed by atoms with Crippen molar-refractivity contribution in [2.24, 2.45) is 0 Å². The zero-order valence-corrected chi connectivity index (χ0v) is 11.6. The number of amides is 1. The van der Waals surface area contributed by atoms with Gasteiger partial charge in [0.25, 0.3) is 5.91 Å². The maximum Gasteiger partial charge on any atom is 0.261 e. The van der Waals surface area contributed by atoms with E-state index in [1.54, 1.807) is 24.3 Å². The van der Waals surface area contributed by atoms with E-state index in [9.17, 15) is 4.79 Å². The number of carbonyl (C=O) groups is 1. The van der Waals surface area contributed by atoms with Gasteiger partial charge in [0.1, 0.15) is 12.4 Å². The zero-order chi connectivity index (χ0) is 13.7. The van der Waals surface area contributed by atoms with Gasteiger partial charge in [-0.2, -0.15) is 0 Å². The summed E-state index contributed by atoms with van der Waals surface area (Å²) in [6, 6.07) is 10.6. The second kappa shape index (κ2) is 6.45. The molecule has 0 aliphatic rings. The Labute approximate surface area is 120 Å². The Kier molecular flexibility index (Phi) is 4.65. The van der Waals surface area contributed by atoms with Crippen LogP contribution in [0.1, 0.15) is 9.67 Å². The molecule has 0 bridgehead atoms. The molecule has 1 amide bonds. The van der Waals surface area contributed by atoms with E-state index in [4.69, 9.17) is 22.1 Å². The summed E-state index contributed by atoms with van der Waals surface area (Å²) in [5, 5.41) is 2.75. The van der Waals surface area contributed by atoms with Crippen LogP contribution in [-0.4, -0.2) is 19.1 Å². The van der Waals surface area contributed by atoms with Gasteiger partial charge in [-0.1, -0.05) is 23.7 Å². The van der Waals surface area contributed by atoms with Gasteiger partial charge >= 0.3 is 0 Å². The van der Waals surface area contributed by atoms with Crippen molar-refractivity contribution >= 4 is 34.5 Å². The SMILES string of the molecule is Nc1ccccc1OCCNC(=O)c1ccc(Cl)s1. The number of nitrogens with one attached hydrogen (secondary N) is 1. The number of anilines is 1. The molecule has 1 heterocycles. The molecule has 2 rings (SSSR count). The molecule has 0 radical (unpaired) electrons. The first-order chi connectivity index (χ1) is 9.16. The van der Waals surface area contributed by atoms with Crippen LogP contribution in [-0.2, 0) is 0 Å². The van der Waals surface area contributed by atoms with Gasteiger partial charge < -0.3 is 15.8 Å². The molecule has 100 valence electrons. The monoisotopic (exact) mass is 296 g/mol. The highest BCUT2D eigenvalue weighted by molar-refractivity contribution is 7.17. The van der Waals surface area contributed by atoms with Crippen molar-refractivity contribution in [3.8, 4) is 5.75 Å². The standard InChI is InChI=1S/C13H13ClN2O2S/c14-12-6-5-11(19-12)13(17)16-7-8-18-10-4-2-1-3-9(10)15/h1-6H,7-8,15H2,(H,16,17). The zero-order valence-electron chi connectivity index (χ0n) is 10.1. The number of ether oxygens (including phenoxy) is 1. The number of nitrogens with two attached hydrogens (primary N) is 1. The van der Waals surface area contributed by atoms with E-state index in [1.165, 1.54) is 11.3 Å². The molecule has 4 nitrogen and oxygen atoms in total. The number of thiophene rings is 1. The molecule has 0 atom stereocenters. The van der Waals surface area contributed by atoms with Crippen molar-refractivity contribution in [3.63, 3.8) is 0 Å². The van der Waals surface area contributed by atoms with Gasteiger partial charge in [-0.3, -0.25) is 4.79 Å². The number of rotatable bonds is 5. The molecule has 0 unspecified atom stereocenters. The van der Waals surface area contributed by atoms with Crippen LogP contribution in [0, 0.1) is 0 Å². The number of nitrogen functional groups attached to an aromatic ring is 1. The molecule has 19 heavy (non-hydrogen) atoms. The third kappa shape index (κ3) is 3.87. The molecule has 1 aromatic heterocycles. The summed E-state index contributed by atoms with van der Waals surface area (Å²) in [7, 11) is 0. The second-order valence-electron chi connectivity index (χ2n) is 3.75. The first-order valence-electron chi connectivity index (χ1n) is 5.67. The van der Waals surface area contributed by atoms with Crippen molar-refractivity contribution in [3.05, 3.63) is 45.6 Å². The van der Waals surface area contributed by atoms with Crippen molar-refractivity contribution < 1.29 is 9.53 Å². The van der Waals surface area contributed by atoms with Crippen molar-refractivity contribution in [1.29, 1.82) is 0 Å². The molecule has 6 heteroatoms. The minimum atomic E-state index is -0.151. The second-order valence-corrected chi connectivity index (χ2v) is 5.46. The quantitative estimate of drug-likeness (QED) is 0.659. The van der Waals surface area contributed by atoms with E-state index in [-0.39, 0.29) is 5.91 Å². The van der Waals surface area contributed by atoms with Gasteiger partial charge in [-0.05, 0) is 24.3 Å². The van der Waals surface area contributed by atoms with Crippen LogP contribution >= 0.6 is 22.9 Å². The van der Waals surface area contributed by atoms with E-state index >= 15 is 0 Å². The highest BCUT2D eigenvalue weighted by atomic mass is 35.5. The summed E-state index contributed by atoms with van der Waals surface area (Å²) in [6.45, 7) is 0.766. The summed E-state index contributed by atoms with van der Waals surface area (Å²) >= 11 is 7.01. The highest BCUT2D eigenvalue weighted by Gasteiger charge is 2.07. The van der Waals surface area contributed by atoms with E-state index < -0.39 is 0 Å². The Morgan fingerprint density at radius 3 is 2.79 bits per heavy atom. The summed E-state index contributed by atoms with van der Waals surface area (Å²) in [5.41, 5.74) is 6.31. The van der Waals surface area contributed by atoms with Gasteiger partial charge in [-0.15, -0.1) is 11.3 Å². The van der Waals surface area contributed by atoms with E-state index in [0.717, 1.165) is 0 Å². The third-order valence-corrected chi connectivity index (χ3v) is 3.59. The van der Waals surface area contributed by atoms with Crippen molar-refractivity contribution in [2.75, 3.05) is 18.9 Å². The van der Waals surface area contributed by atoms with Crippen LogP contribution in [0.2, 0.25) is 4.34 Å². The van der Waals surface area contributed by atoms with Crippen LogP contribution in [0.25, 0.3) is 0 Å². The number of carbonyl (C=O) groups excluding carboxylic acids is 1. The van der Waals surface area contributed by atoms with Crippen LogP contribution in [0.15, 0.2) is 36.4 Å². The third-order valence-electron chi connectivity index (χ3n) is 2.36. The highest BCUT2D eigenvalue weighted by Crippen LogP contribution is 2.21. The van der Waals surface area contributed by atoms with Gasteiger partial charge in [0.15, 0.2) is 0 Å². The number of hydrogen-bond acceptors (Lipinski definition) is 4. The average molecular weight is 297 g/mol. The molecule has 2 aromatic rings. The molecule has 1 aromatic carbocycles. The average Bonchev–Trinajstić information content (AvgIpc) is 2.83. The lowest BCUT2D eigenvalue weighted by Crippen LogP contribution is -2.27. The summed E-state index contributed by atoms with van der Waals surface area (Å²) in [4.78, 5) is 12.3. The first kappa shape index (κ1) is 13.7. The summed E-state index contributed by atoms with van der Waals surface area (Å²) < 4.78 is 6.06. The van der Waals surface area contributed by atoms with Crippen LogP contribution < -0.4 is 15.8 Å². The van der Waals surface area contributed by atoms with Crippen LogP contribution in [0.5, 0.6) is 5.75 Å². The van der Waals surface area contributed by atoms with Gasteiger partial charge in [0, 0.05) is 0 Å². The molecule has 0 saturated carbocycles. The Bertz CT molecular complexity index is 571. The molecular weight excluding hydrogens is 284 g/mol. The fraction of sp³-hybridized carbons (Fsp3) is 0.154. The molecular formula is C13H13ClN2O2S. The predicted molar refractivity (Wildman–Crippen MR) is 78.0 cm³/mol. The smallest absolute Gasteiger partial charge is 0.261 e. The topological polar surface area (TPSA) is 64.3 Å². The molecule has 0 saturated heterocycles. The Morgan fingerprint density at radius 1 is 1.32 bits per heavy atom. The number of hydrogen-bond donors (Lipinski definition) is 2. The summed E-state index contributed by atoms with van der Waals surface area (Å²) in [5.74, 6) is 0.470. The summed E-state index contributed by atoms with van der Waals surface area (Å²) in [6.07, 6.45) is 0. The fourth-order valence-corrected chi connectivity index (χ4v) is 2.42. The van der Waals surface area contributed by atoms with Gasteiger partial charge in [-0.25, -0.2) is 0 Å². The van der Waals surface area contributed by atoms with Crippen molar-refractivity contribution in [1.82, 2.24) is 5.32 Å². The number of para-hydroxylation sites is 2. The van der Waals surface area contributed by atoms with Gasteiger partial charge in [0.2, 0.25) is 0 Å². The lowest BCUT2D eigenvalue weighted by Gasteiger charge is -2.08. The fourth-order valence-electron chi connectivity index (χ4n) is 1.46. The van der Waals surface area contributed by atoms with Crippen molar-refractivity contribution in [2.45, 2.75) is 0 Å². The van der Waals surface area contributed by atoms with E-state index in [0.29, 0.717) is 33.8 Å². The molecule has 0 spiro atoms. The first-order valence-corrected chi connectivity index (χ1v) is 6.87. The minimum absolute atomic E-state index is 0.151. The maximum absolute atomic E-state index is 11.7. The Hall–Kier alpha value is -1.72. The van der Waals surface area contributed by atoms with E-state index in [1.807, 2.05) is 12.1 Å². The molecule has 0 aliphatic carbocycles. The number of halogens is 1.